The third-order valence-corrected chi connectivity index (χ3v) is 3.92. The normalized spacial score (nSPS) is 10.3. The number of carbonyl (C=O) groups is 2. The van der Waals surface area contributed by atoms with Crippen molar-refractivity contribution in [3.63, 3.8) is 0 Å². The van der Waals surface area contributed by atoms with Crippen molar-refractivity contribution in [3.05, 3.63) is 72.6 Å². The third kappa shape index (κ3) is 4.52. The molecule has 138 valence electrons. The Morgan fingerprint density at radius 3 is 2.44 bits per heavy atom. The standard InChI is InChI=1S/C20H21N5O2/c1-24(2)20(27)15-8-10-16(11-9-15)23-19(26)14-21-17-6-3-4-7-18(17)25-13-5-12-22-25/h3-13,21H,14H2,1-2H3,(H,23,26). The lowest BCUT2D eigenvalue weighted by Gasteiger charge is -2.13. The van der Waals surface area contributed by atoms with Gasteiger partial charge in [-0.2, -0.15) is 5.10 Å². The Morgan fingerprint density at radius 2 is 1.78 bits per heavy atom. The fourth-order valence-electron chi connectivity index (χ4n) is 2.57. The van der Waals surface area contributed by atoms with Crippen LogP contribution >= 0.6 is 0 Å². The zero-order valence-corrected chi connectivity index (χ0v) is 15.2. The fraction of sp³-hybridized carbons (Fsp3) is 0.150. The Balaban J connectivity index is 1.60. The molecule has 0 radical (unpaired) electrons. The van der Waals surface area contributed by atoms with Crippen molar-refractivity contribution in [1.29, 1.82) is 0 Å². The minimum Gasteiger partial charge on any atom is -0.374 e. The second-order valence-electron chi connectivity index (χ2n) is 6.15. The highest BCUT2D eigenvalue weighted by molar-refractivity contribution is 5.96. The van der Waals surface area contributed by atoms with Gasteiger partial charge in [-0.05, 0) is 42.5 Å². The minimum atomic E-state index is -0.183. The largest absolute Gasteiger partial charge is 0.374 e. The molecule has 0 aliphatic rings. The molecule has 3 aromatic rings. The van der Waals surface area contributed by atoms with Crippen LogP contribution < -0.4 is 10.6 Å². The first-order valence-electron chi connectivity index (χ1n) is 8.49. The number of nitrogens with zero attached hydrogens (tertiary/aromatic N) is 3. The second kappa shape index (κ2) is 8.18. The van der Waals surface area contributed by atoms with E-state index in [0.29, 0.717) is 11.3 Å². The van der Waals surface area contributed by atoms with Crippen LogP contribution in [0.2, 0.25) is 0 Å². The Labute approximate surface area is 157 Å². The average molecular weight is 363 g/mol. The summed E-state index contributed by atoms with van der Waals surface area (Å²) in [6.07, 6.45) is 3.55. The van der Waals surface area contributed by atoms with Crippen molar-refractivity contribution in [2.75, 3.05) is 31.3 Å². The molecule has 3 rings (SSSR count). The predicted molar refractivity (Wildman–Crippen MR) is 105 cm³/mol. The van der Waals surface area contributed by atoms with Gasteiger partial charge in [0.25, 0.3) is 5.91 Å². The van der Waals surface area contributed by atoms with E-state index in [2.05, 4.69) is 15.7 Å². The molecule has 0 unspecified atom stereocenters. The molecule has 2 N–H and O–H groups in total. The molecule has 0 bridgehead atoms. The number of anilines is 2. The molecule has 0 spiro atoms. The van der Waals surface area contributed by atoms with Crippen LogP contribution in [0.4, 0.5) is 11.4 Å². The maximum atomic E-state index is 12.2. The maximum Gasteiger partial charge on any atom is 0.253 e. The van der Waals surface area contributed by atoms with E-state index in [1.807, 2.05) is 36.5 Å². The van der Waals surface area contributed by atoms with Crippen molar-refractivity contribution in [2.45, 2.75) is 0 Å². The summed E-state index contributed by atoms with van der Waals surface area (Å²) < 4.78 is 1.74. The third-order valence-electron chi connectivity index (χ3n) is 3.92. The van der Waals surface area contributed by atoms with Crippen LogP contribution in [0.1, 0.15) is 10.4 Å². The summed E-state index contributed by atoms with van der Waals surface area (Å²) in [7, 11) is 3.40. The molecule has 7 nitrogen and oxygen atoms in total. The SMILES string of the molecule is CN(C)C(=O)c1ccc(NC(=O)CNc2ccccc2-n2cccn2)cc1. The lowest BCUT2D eigenvalue weighted by Crippen LogP contribution is -2.23. The summed E-state index contributed by atoms with van der Waals surface area (Å²) >= 11 is 0. The van der Waals surface area contributed by atoms with E-state index < -0.39 is 0 Å². The van der Waals surface area contributed by atoms with Gasteiger partial charge in [-0.1, -0.05) is 12.1 Å². The highest BCUT2D eigenvalue weighted by Crippen LogP contribution is 2.18. The molecule has 27 heavy (non-hydrogen) atoms. The van der Waals surface area contributed by atoms with Gasteiger partial charge in [-0.3, -0.25) is 9.59 Å². The monoisotopic (exact) mass is 363 g/mol. The molecule has 0 saturated heterocycles. The summed E-state index contributed by atoms with van der Waals surface area (Å²) in [5, 5.41) is 10.2. The summed E-state index contributed by atoms with van der Waals surface area (Å²) in [5.41, 5.74) is 2.88. The number of amides is 2. The van der Waals surface area contributed by atoms with Crippen LogP contribution in [-0.4, -0.2) is 47.1 Å². The number of benzene rings is 2. The van der Waals surface area contributed by atoms with Gasteiger partial charge in [0.2, 0.25) is 5.91 Å². The van der Waals surface area contributed by atoms with Gasteiger partial charge in [0.1, 0.15) is 0 Å². The zero-order valence-electron chi connectivity index (χ0n) is 15.2. The van der Waals surface area contributed by atoms with Crippen LogP contribution in [0.15, 0.2) is 67.0 Å². The first-order chi connectivity index (χ1) is 13.0. The molecular weight excluding hydrogens is 342 g/mol. The zero-order chi connectivity index (χ0) is 19.2. The lowest BCUT2D eigenvalue weighted by molar-refractivity contribution is -0.114. The number of para-hydroxylation sites is 2. The molecule has 7 heteroatoms. The summed E-state index contributed by atoms with van der Waals surface area (Å²) in [6, 6.07) is 16.3. The van der Waals surface area contributed by atoms with E-state index in [1.165, 1.54) is 4.90 Å². The fourth-order valence-corrected chi connectivity index (χ4v) is 2.57. The first-order valence-corrected chi connectivity index (χ1v) is 8.49. The van der Waals surface area contributed by atoms with Crippen LogP contribution in [0.5, 0.6) is 0 Å². The van der Waals surface area contributed by atoms with E-state index in [0.717, 1.165) is 11.4 Å². The van der Waals surface area contributed by atoms with Gasteiger partial charge < -0.3 is 15.5 Å². The molecule has 0 aliphatic heterocycles. The second-order valence-corrected chi connectivity index (χ2v) is 6.15. The number of nitrogens with one attached hydrogen (secondary N) is 2. The maximum absolute atomic E-state index is 12.2. The molecule has 1 heterocycles. The predicted octanol–water partition coefficient (Wildman–Crippen LogP) is 2.62. The molecule has 0 saturated carbocycles. The Hall–Kier alpha value is -3.61. The van der Waals surface area contributed by atoms with Crippen LogP contribution in [0.3, 0.4) is 0 Å². The molecule has 2 amide bonds. The quantitative estimate of drug-likeness (QED) is 0.706. The van der Waals surface area contributed by atoms with Crippen molar-refractivity contribution >= 4 is 23.2 Å². The Morgan fingerprint density at radius 1 is 1.04 bits per heavy atom. The van der Waals surface area contributed by atoms with Gasteiger partial charge >= 0.3 is 0 Å². The molecular formula is C20H21N5O2. The van der Waals surface area contributed by atoms with E-state index in [4.69, 9.17) is 0 Å². The van der Waals surface area contributed by atoms with E-state index >= 15 is 0 Å². The minimum absolute atomic E-state index is 0.0789. The van der Waals surface area contributed by atoms with Gasteiger partial charge in [0, 0.05) is 37.7 Å². The summed E-state index contributed by atoms with van der Waals surface area (Å²) in [5.74, 6) is -0.262. The Kier molecular flexibility index (Phi) is 5.51. The van der Waals surface area contributed by atoms with Gasteiger partial charge in [0.15, 0.2) is 0 Å². The van der Waals surface area contributed by atoms with Gasteiger partial charge in [-0.15, -0.1) is 0 Å². The van der Waals surface area contributed by atoms with Crippen molar-refractivity contribution in [2.24, 2.45) is 0 Å². The van der Waals surface area contributed by atoms with E-state index in [9.17, 15) is 9.59 Å². The lowest BCUT2D eigenvalue weighted by atomic mass is 10.2. The van der Waals surface area contributed by atoms with Crippen molar-refractivity contribution in [3.8, 4) is 5.69 Å². The summed E-state index contributed by atoms with van der Waals surface area (Å²) in [6.45, 7) is 0.108. The van der Waals surface area contributed by atoms with E-state index in [1.54, 1.807) is 49.2 Å². The molecule has 1 aromatic heterocycles. The number of hydrogen-bond acceptors (Lipinski definition) is 4. The number of carbonyl (C=O) groups excluding carboxylic acids is 2. The van der Waals surface area contributed by atoms with Crippen LogP contribution in [-0.2, 0) is 4.79 Å². The Bertz CT molecular complexity index is 918. The van der Waals surface area contributed by atoms with Crippen LogP contribution in [0, 0.1) is 0 Å². The highest BCUT2D eigenvalue weighted by Gasteiger charge is 2.09. The van der Waals surface area contributed by atoms with Crippen LogP contribution in [0.25, 0.3) is 5.69 Å². The molecule has 0 fully saturated rings. The summed E-state index contributed by atoms with van der Waals surface area (Å²) in [4.78, 5) is 25.6. The molecule has 0 aliphatic carbocycles. The molecule has 0 atom stereocenters. The average Bonchev–Trinajstić information content (AvgIpc) is 3.21. The smallest absolute Gasteiger partial charge is 0.253 e. The first kappa shape index (κ1) is 18.2. The van der Waals surface area contributed by atoms with Gasteiger partial charge in [-0.25, -0.2) is 4.68 Å². The van der Waals surface area contributed by atoms with E-state index in [-0.39, 0.29) is 18.4 Å². The number of rotatable bonds is 6. The van der Waals surface area contributed by atoms with Crippen molar-refractivity contribution in [1.82, 2.24) is 14.7 Å². The number of aromatic nitrogens is 2. The molecule has 2 aromatic carbocycles. The van der Waals surface area contributed by atoms with Gasteiger partial charge in [0.05, 0.1) is 17.9 Å². The topological polar surface area (TPSA) is 79.3 Å². The highest BCUT2D eigenvalue weighted by atomic mass is 16.2. The number of hydrogen-bond donors (Lipinski definition) is 2. The van der Waals surface area contributed by atoms with Crippen molar-refractivity contribution < 1.29 is 9.59 Å².